The largest absolute Gasteiger partial charge is 0.484 e. The summed E-state index contributed by atoms with van der Waals surface area (Å²) in [5.41, 5.74) is 1.93. The maximum absolute atomic E-state index is 12.0. The number of ether oxygens (including phenoxy) is 1. The molecule has 3 heteroatoms. The first-order valence-corrected chi connectivity index (χ1v) is 7.28. The van der Waals surface area contributed by atoms with Crippen molar-refractivity contribution in [2.45, 2.75) is 13.3 Å². The summed E-state index contributed by atoms with van der Waals surface area (Å²) in [7, 11) is 0. The molecule has 0 spiro atoms. The van der Waals surface area contributed by atoms with Crippen LogP contribution in [0.3, 0.4) is 0 Å². The van der Waals surface area contributed by atoms with Crippen LogP contribution < -0.4 is 4.74 Å². The number of carbonyl (C=O) groups excluding carboxylic acids is 1. The van der Waals surface area contributed by atoms with Gasteiger partial charge in [0.15, 0.2) is 12.4 Å². The molecule has 0 aliphatic carbocycles. The van der Waals surface area contributed by atoms with Crippen LogP contribution in [0.15, 0.2) is 48.5 Å². The van der Waals surface area contributed by atoms with Gasteiger partial charge in [0.25, 0.3) is 0 Å². The van der Waals surface area contributed by atoms with E-state index in [1.165, 1.54) is 5.56 Å². The minimum absolute atomic E-state index is 0.00214. The van der Waals surface area contributed by atoms with Crippen LogP contribution in [0.2, 0.25) is 0 Å². The van der Waals surface area contributed by atoms with Crippen molar-refractivity contribution in [3.8, 4) is 5.75 Å². The lowest BCUT2D eigenvalue weighted by Crippen LogP contribution is -2.12. The first-order valence-electron chi connectivity index (χ1n) is 6.20. The molecule has 0 fully saturated rings. The van der Waals surface area contributed by atoms with E-state index in [9.17, 15) is 4.79 Å². The van der Waals surface area contributed by atoms with Crippen LogP contribution in [-0.2, 0) is 6.42 Å². The van der Waals surface area contributed by atoms with E-state index in [2.05, 4.69) is 29.5 Å². The number of rotatable bonds is 5. The molecule has 0 unspecified atom stereocenters. The molecule has 19 heavy (non-hydrogen) atoms. The van der Waals surface area contributed by atoms with E-state index in [0.717, 1.165) is 15.7 Å². The second-order valence-corrected chi connectivity index (χ2v) is 5.35. The van der Waals surface area contributed by atoms with E-state index in [-0.39, 0.29) is 12.4 Å². The highest BCUT2D eigenvalue weighted by Crippen LogP contribution is 2.19. The first-order chi connectivity index (χ1) is 9.20. The number of hydrogen-bond acceptors (Lipinski definition) is 2. The summed E-state index contributed by atoms with van der Waals surface area (Å²) in [5, 5.41) is 0. The highest BCUT2D eigenvalue weighted by atomic mass is 127. The van der Waals surface area contributed by atoms with Gasteiger partial charge in [-0.3, -0.25) is 4.79 Å². The highest BCUT2D eigenvalue weighted by molar-refractivity contribution is 14.1. The summed E-state index contributed by atoms with van der Waals surface area (Å²) in [6, 6.07) is 15.4. The van der Waals surface area contributed by atoms with Gasteiger partial charge in [-0.2, -0.15) is 0 Å². The highest BCUT2D eigenvalue weighted by Gasteiger charge is 2.08. The van der Waals surface area contributed by atoms with Crippen LogP contribution in [0, 0.1) is 3.57 Å². The smallest absolute Gasteiger partial charge is 0.200 e. The summed E-state index contributed by atoms with van der Waals surface area (Å²) in [6.45, 7) is 2.17. The number of aryl methyl sites for hydroxylation is 1. The lowest BCUT2D eigenvalue weighted by atomic mass is 10.1. The van der Waals surface area contributed by atoms with Gasteiger partial charge in [-0.05, 0) is 46.7 Å². The van der Waals surface area contributed by atoms with E-state index >= 15 is 0 Å². The summed E-state index contributed by atoms with van der Waals surface area (Å²) in [4.78, 5) is 12.0. The topological polar surface area (TPSA) is 26.3 Å². The number of hydrogen-bond donors (Lipinski definition) is 0. The molecule has 2 nitrogen and oxygen atoms in total. The van der Waals surface area contributed by atoms with Crippen LogP contribution in [0.4, 0.5) is 0 Å². The van der Waals surface area contributed by atoms with Crippen LogP contribution in [0.5, 0.6) is 5.75 Å². The predicted molar refractivity (Wildman–Crippen MR) is 84.8 cm³/mol. The summed E-state index contributed by atoms with van der Waals surface area (Å²) in [6.07, 6.45) is 0.979. The number of carbonyl (C=O) groups is 1. The van der Waals surface area contributed by atoms with Gasteiger partial charge < -0.3 is 4.74 Å². The van der Waals surface area contributed by atoms with E-state index in [0.29, 0.717) is 5.56 Å². The SMILES string of the molecule is CCc1ccc(C(=O)COc2ccccc2I)cc1. The molecule has 98 valence electrons. The fraction of sp³-hybridized carbons (Fsp3) is 0.188. The predicted octanol–water partition coefficient (Wildman–Crippen LogP) is 4.12. The molecule has 0 N–H and O–H groups in total. The molecule has 0 saturated heterocycles. The Balaban J connectivity index is 1.99. The summed E-state index contributed by atoms with van der Waals surface area (Å²) < 4.78 is 6.56. The van der Waals surface area contributed by atoms with Crippen molar-refractivity contribution >= 4 is 28.4 Å². The normalized spacial score (nSPS) is 10.2. The Kier molecular flexibility index (Phi) is 4.96. The van der Waals surface area contributed by atoms with Crippen LogP contribution in [0.25, 0.3) is 0 Å². The molecule has 0 heterocycles. The molecule has 0 aromatic heterocycles. The Morgan fingerprint density at radius 1 is 1.11 bits per heavy atom. The van der Waals surface area contributed by atoms with Crippen LogP contribution in [0.1, 0.15) is 22.8 Å². The third kappa shape index (κ3) is 3.80. The van der Waals surface area contributed by atoms with Crippen LogP contribution in [-0.4, -0.2) is 12.4 Å². The van der Waals surface area contributed by atoms with Gasteiger partial charge in [0.05, 0.1) is 3.57 Å². The van der Waals surface area contributed by atoms with Crippen molar-refractivity contribution in [2.24, 2.45) is 0 Å². The average molecular weight is 366 g/mol. The molecule has 2 aromatic rings. The van der Waals surface area contributed by atoms with E-state index in [1.54, 1.807) is 0 Å². The molecule has 0 atom stereocenters. The average Bonchev–Trinajstić information content (AvgIpc) is 2.46. The van der Waals surface area contributed by atoms with Crippen molar-refractivity contribution in [1.29, 1.82) is 0 Å². The molecule has 0 bridgehead atoms. The first kappa shape index (κ1) is 14.1. The quantitative estimate of drug-likeness (QED) is 0.588. The zero-order chi connectivity index (χ0) is 13.7. The number of halogens is 1. The summed E-state index contributed by atoms with van der Waals surface area (Å²) >= 11 is 2.19. The van der Waals surface area contributed by atoms with E-state index < -0.39 is 0 Å². The van der Waals surface area contributed by atoms with Crippen LogP contribution >= 0.6 is 22.6 Å². The molecule has 2 aromatic carbocycles. The van der Waals surface area contributed by atoms with Crippen molar-refractivity contribution in [2.75, 3.05) is 6.61 Å². The zero-order valence-corrected chi connectivity index (χ0v) is 12.9. The lowest BCUT2D eigenvalue weighted by Gasteiger charge is -2.07. The molecular weight excluding hydrogens is 351 g/mol. The standard InChI is InChI=1S/C16H15IO2/c1-2-12-7-9-13(10-8-12)15(18)11-19-16-6-4-3-5-14(16)17/h3-10H,2,11H2,1H3. The number of Topliss-reactive ketones (excluding diaryl/α,β-unsaturated/α-hetero) is 1. The fourth-order valence-corrected chi connectivity index (χ4v) is 2.26. The summed E-state index contributed by atoms with van der Waals surface area (Å²) in [5.74, 6) is 0.754. The van der Waals surface area contributed by atoms with Crippen molar-refractivity contribution in [3.05, 3.63) is 63.2 Å². The van der Waals surface area contributed by atoms with Gasteiger partial charge >= 0.3 is 0 Å². The van der Waals surface area contributed by atoms with Gasteiger partial charge in [0.1, 0.15) is 5.75 Å². The van der Waals surface area contributed by atoms with Gasteiger partial charge in [-0.25, -0.2) is 0 Å². The third-order valence-electron chi connectivity index (χ3n) is 2.88. The van der Waals surface area contributed by atoms with Crippen molar-refractivity contribution in [3.63, 3.8) is 0 Å². The second-order valence-electron chi connectivity index (χ2n) is 4.19. The Morgan fingerprint density at radius 2 is 1.79 bits per heavy atom. The van der Waals surface area contributed by atoms with Crippen molar-refractivity contribution in [1.82, 2.24) is 0 Å². The molecule has 2 rings (SSSR count). The minimum atomic E-state index is 0.00214. The molecule has 0 aliphatic heterocycles. The number of benzene rings is 2. The number of para-hydroxylation sites is 1. The Hall–Kier alpha value is -1.36. The molecule has 0 saturated carbocycles. The van der Waals surface area contributed by atoms with Gasteiger partial charge in [-0.15, -0.1) is 0 Å². The van der Waals surface area contributed by atoms with Gasteiger partial charge in [0, 0.05) is 5.56 Å². The van der Waals surface area contributed by atoms with Gasteiger partial charge in [0.2, 0.25) is 0 Å². The monoisotopic (exact) mass is 366 g/mol. The number of ketones is 1. The van der Waals surface area contributed by atoms with E-state index in [4.69, 9.17) is 4.74 Å². The van der Waals surface area contributed by atoms with Gasteiger partial charge in [-0.1, -0.05) is 43.3 Å². The van der Waals surface area contributed by atoms with Crippen molar-refractivity contribution < 1.29 is 9.53 Å². The second kappa shape index (κ2) is 6.70. The Morgan fingerprint density at radius 3 is 2.42 bits per heavy atom. The molecular formula is C16H15IO2. The lowest BCUT2D eigenvalue weighted by molar-refractivity contribution is 0.0921. The molecule has 0 aliphatic rings. The zero-order valence-electron chi connectivity index (χ0n) is 10.7. The van der Waals surface area contributed by atoms with E-state index in [1.807, 2.05) is 48.5 Å². The Bertz CT molecular complexity index is 561. The third-order valence-corrected chi connectivity index (χ3v) is 3.77. The Labute approximate surface area is 126 Å². The maximum atomic E-state index is 12.0. The molecule has 0 radical (unpaired) electrons. The minimum Gasteiger partial charge on any atom is -0.484 e. The maximum Gasteiger partial charge on any atom is 0.200 e. The molecule has 0 amide bonds. The fourth-order valence-electron chi connectivity index (χ4n) is 1.71.